The standard InChI is InChI=1S/C54H45N6O4P/c1-62-46-31-16-13-28-43(46)58(40-22-7-4-8-23-40)49-34-19-37-52(55-49)65(61,53-38-20-35-50(56-53)59(41-24-9-5-10-25-41)44-29-14-17-32-47(44)63-2)54-39-21-36-51(57-54)60(42-26-11-6-12-27-42)45-30-15-18-33-48(45)64-3/h4-39H,1-3H3. The first kappa shape index (κ1) is 42.1. The average Bonchev–Trinajstić information content (AvgIpc) is 3.38. The van der Waals surface area contributed by atoms with E-state index in [1.165, 1.54) is 0 Å². The number of methoxy groups -OCH3 is 3. The van der Waals surface area contributed by atoms with Crippen LogP contribution in [-0.4, -0.2) is 36.3 Å². The number of ether oxygens (including phenoxy) is 3. The SMILES string of the molecule is COc1ccccc1N(c1ccccc1)c1cccc(P(=O)(c2cccc(N(c3ccccc3)c3ccccc3OC)n2)c2cccc(N(c3ccccc3)c3ccccc3OC)n2)n1. The molecule has 0 N–H and O–H groups in total. The van der Waals surface area contributed by atoms with Gasteiger partial charge in [-0.25, -0.2) is 15.0 Å². The number of para-hydroxylation sites is 9. The predicted octanol–water partition coefficient (Wildman–Crippen LogP) is 11.9. The fraction of sp³-hybridized carbons (Fsp3) is 0.0556. The van der Waals surface area contributed by atoms with Gasteiger partial charge in [0.05, 0.1) is 38.4 Å². The summed E-state index contributed by atoms with van der Waals surface area (Å²) >= 11 is 0. The van der Waals surface area contributed by atoms with Crippen LogP contribution >= 0.6 is 7.14 Å². The maximum atomic E-state index is 17.0. The van der Waals surface area contributed by atoms with Crippen molar-refractivity contribution in [2.45, 2.75) is 0 Å². The predicted molar refractivity (Wildman–Crippen MR) is 263 cm³/mol. The van der Waals surface area contributed by atoms with Crippen molar-refractivity contribution in [2.75, 3.05) is 36.0 Å². The lowest BCUT2D eigenvalue weighted by atomic mass is 10.2. The molecule has 10 nitrogen and oxygen atoms in total. The molecule has 9 aromatic rings. The summed E-state index contributed by atoms with van der Waals surface area (Å²) in [5, 5.41) is 0. The summed E-state index contributed by atoms with van der Waals surface area (Å²) in [6, 6.07) is 69.7. The third kappa shape index (κ3) is 8.38. The first-order valence-electron chi connectivity index (χ1n) is 21.0. The van der Waals surface area contributed by atoms with Gasteiger partial charge in [0.25, 0.3) is 0 Å². The minimum Gasteiger partial charge on any atom is -0.495 e. The van der Waals surface area contributed by atoms with Crippen molar-refractivity contribution in [2.24, 2.45) is 0 Å². The summed E-state index contributed by atoms with van der Waals surface area (Å²) < 4.78 is 34.7. The fourth-order valence-corrected chi connectivity index (χ4v) is 10.2. The maximum Gasteiger partial charge on any atom is 0.223 e. The zero-order chi connectivity index (χ0) is 44.6. The molecule has 9 rings (SSSR count). The Labute approximate surface area is 379 Å². The Morgan fingerprint density at radius 2 is 0.585 bits per heavy atom. The second-order valence-corrected chi connectivity index (χ2v) is 17.3. The van der Waals surface area contributed by atoms with E-state index in [0.29, 0.717) is 34.7 Å². The van der Waals surface area contributed by atoms with Crippen molar-refractivity contribution >= 4 is 75.0 Å². The molecule has 320 valence electrons. The number of pyridine rings is 3. The smallest absolute Gasteiger partial charge is 0.223 e. The van der Waals surface area contributed by atoms with Crippen LogP contribution in [-0.2, 0) is 4.57 Å². The second kappa shape index (κ2) is 19.0. The minimum atomic E-state index is -4.09. The molecule has 3 heterocycles. The number of aromatic nitrogens is 3. The highest BCUT2D eigenvalue weighted by Crippen LogP contribution is 2.46. The molecular formula is C54H45N6O4P. The Kier molecular flexibility index (Phi) is 12.3. The van der Waals surface area contributed by atoms with Crippen LogP contribution in [0.5, 0.6) is 17.2 Å². The third-order valence-corrected chi connectivity index (χ3v) is 13.5. The zero-order valence-corrected chi connectivity index (χ0v) is 36.9. The summed E-state index contributed by atoms with van der Waals surface area (Å²) in [5.74, 6) is 3.49. The Bertz CT molecular complexity index is 2760. The average molecular weight is 873 g/mol. The number of hydrogen-bond donors (Lipinski definition) is 0. The van der Waals surface area contributed by atoms with Crippen LogP contribution in [0, 0.1) is 0 Å². The molecule has 0 saturated heterocycles. The highest BCUT2D eigenvalue weighted by Gasteiger charge is 2.37. The molecule has 11 heteroatoms. The Balaban J connectivity index is 1.29. The van der Waals surface area contributed by atoms with E-state index in [9.17, 15) is 0 Å². The molecule has 6 aromatic carbocycles. The topological polar surface area (TPSA) is 93.2 Å². The van der Waals surface area contributed by atoms with Gasteiger partial charge in [0.2, 0.25) is 7.14 Å². The lowest BCUT2D eigenvalue weighted by molar-refractivity contribution is 0.416. The highest BCUT2D eigenvalue weighted by atomic mass is 31.2. The zero-order valence-electron chi connectivity index (χ0n) is 36.0. The van der Waals surface area contributed by atoms with E-state index in [2.05, 4.69) is 0 Å². The molecule has 0 aliphatic rings. The summed E-state index contributed by atoms with van der Waals surface area (Å²) in [6.45, 7) is 0. The van der Waals surface area contributed by atoms with Gasteiger partial charge >= 0.3 is 0 Å². The van der Waals surface area contributed by atoms with E-state index in [1.54, 1.807) is 39.5 Å². The van der Waals surface area contributed by atoms with Gasteiger partial charge < -0.3 is 18.8 Å². The molecule has 3 aromatic heterocycles. The van der Waals surface area contributed by atoms with E-state index in [4.69, 9.17) is 29.2 Å². The normalized spacial score (nSPS) is 11.1. The summed E-state index contributed by atoms with van der Waals surface area (Å²) in [7, 11) is 0.842. The van der Waals surface area contributed by atoms with Crippen molar-refractivity contribution in [3.63, 3.8) is 0 Å². The van der Waals surface area contributed by atoms with Gasteiger partial charge in [-0.15, -0.1) is 0 Å². The Morgan fingerprint density at radius 3 is 0.862 bits per heavy atom. The van der Waals surface area contributed by atoms with Gasteiger partial charge in [-0.2, -0.15) is 0 Å². The van der Waals surface area contributed by atoms with Crippen LogP contribution in [0.15, 0.2) is 218 Å². The lowest BCUT2D eigenvalue weighted by Crippen LogP contribution is -2.32. The van der Waals surface area contributed by atoms with Crippen molar-refractivity contribution in [3.8, 4) is 17.2 Å². The number of hydrogen-bond acceptors (Lipinski definition) is 10. The maximum absolute atomic E-state index is 17.0. The van der Waals surface area contributed by atoms with Crippen LogP contribution in [0.4, 0.5) is 51.6 Å². The number of benzene rings is 6. The van der Waals surface area contributed by atoms with E-state index in [0.717, 1.165) is 34.1 Å². The molecule has 0 unspecified atom stereocenters. The molecule has 0 saturated carbocycles. The molecule has 65 heavy (non-hydrogen) atoms. The monoisotopic (exact) mass is 872 g/mol. The van der Waals surface area contributed by atoms with Gasteiger partial charge in [0, 0.05) is 17.1 Å². The van der Waals surface area contributed by atoms with Crippen LogP contribution in [0.1, 0.15) is 0 Å². The number of nitrogens with zero attached hydrogens (tertiary/aromatic N) is 6. The van der Waals surface area contributed by atoms with Crippen LogP contribution in [0.25, 0.3) is 0 Å². The van der Waals surface area contributed by atoms with Gasteiger partial charge in [-0.1, -0.05) is 109 Å². The quantitative estimate of drug-likeness (QED) is 0.0927. The van der Waals surface area contributed by atoms with E-state index in [1.807, 2.05) is 215 Å². The molecule has 0 aliphatic carbocycles. The second-order valence-electron chi connectivity index (χ2n) is 14.7. The molecule has 0 atom stereocenters. The summed E-state index contributed by atoms with van der Waals surface area (Å²) in [6.07, 6.45) is 0. The first-order chi connectivity index (χ1) is 32.0. The molecular weight excluding hydrogens is 828 g/mol. The molecule has 0 aliphatic heterocycles. The highest BCUT2D eigenvalue weighted by molar-refractivity contribution is 7.84. The van der Waals surface area contributed by atoms with Crippen molar-refractivity contribution in [1.29, 1.82) is 0 Å². The fourth-order valence-electron chi connectivity index (χ4n) is 7.85. The summed E-state index contributed by atoms with van der Waals surface area (Å²) in [4.78, 5) is 22.0. The third-order valence-electron chi connectivity index (χ3n) is 10.8. The van der Waals surface area contributed by atoms with Gasteiger partial charge in [-0.05, 0) is 109 Å². The largest absolute Gasteiger partial charge is 0.495 e. The number of rotatable bonds is 15. The van der Waals surface area contributed by atoms with Crippen LogP contribution in [0.2, 0.25) is 0 Å². The molecule has 0 fully saturated rings. The van der Waals surface area contributed by atoms with Gasteiger partial charge in [0.1, 0.15) is 51.0 Å². The molecule has 0 radical (unpaired) electrons. The lowest BCUT2D eigenvalue weighted by Gasteiger charge is -2.29. The van der Waals surface area contributed by atoms with Crippen molar-refractivity contribution in [3.05, 3.63) is 218 Å². The first-order valence-corrected chi connectivity index (χ1v) is 22.7. The minimum absolute atomic E-state index is 0.284. The molecule has 0 spiro atoms. The van der Waals surface area contributed by atoms with E-state index in [-0.39, 0.29) is 16.3 Å². The number of anilines is 9. The molecule has 0 amide bonds. The van der Waals surface area contributed by atoms with Gasteiger partial charge in [0.15, 0.2) is 0 Å². The summed E-state index contributed by atoms with van der Waals surface area (Å²) in [5.41, 5.74) is 5.63. The van der Waals surface area contributed by atoms with Gasteiger partial charge in [-0.3, -0.25) is 14.7 Å². The van der Waals surface area contributed by atoms with E-state index >= 15 is 4.57 Å². The van der Waals surface area contributed by atoms with Crippen LogP contribution < -0.4 is 45.2 Å². The van der Waals surface area contributed by atoms with Crippen LogP contribution in [0.3, 0.4) is 0 Å². The van der Waals surface area contributed by atoms with Crippen molar-refractivity contribution in [1.82, 2.24) is 15.0 Å². The van der Waals surface area contributed by atoms with E-state index < -0.39 is 7.14 Å². The van der Waals surface area contributed by atoms with Crippen molar-refractivity contribution < 1.29 is 18.8 Å². The Morgan fingerprint density at radius 1 is 0.323 bits per heavy atom. The molecule has 0 bridgehead atoms. The Hall–Kier alpha value is -8.20.